The molecule has 1 aliphatic carbocycles. The first-order chi connectivity index (χ1) is 8.83. The van der Waals surface area contributed by atoms with E-state index in [0.717, 1.165) is 31.2 Å². The number of Topliss-reactive ketones (excluding diaryl/α,β-unsaturated/α-hetero) is 1. The average molecular weight is 246 g/mol. The van der Waals surface area contributed by atoms with Crippen molar-refractivity contribution in [3.8, 4) is 11.4 Å². The summed E-state index contributed by atoms with van der Waals surface area (Å²) in [5, 5.41) is 3.84. The highest BCUT2D eigenvalue weighted by Gasteiger charge is 2.24. The van der Waals surface area contributed by atoms with Crippen molar-refractivity contribution in [1.82, 2.24) is 10.1 Å². The Bertz CT molecular complexity index is 524. The van der Waals surface area contributed by atoms with Gasteiger partial charge in [0.15, 0.2) is 0 Å². The normalized spacial score (nSPS) is 16.2. The molecular formula is C13H14N2O3. The molecule has 0 bridgehead atoms. The second-order valence-corrected chi connectivity index (χ2v) is 4.65. The van der Waals surface area contributed by atoms with Gasteiger partial charge in [-0.15, -0.1) is 0 Å². The summed E-state index contributed by atoms with van der Waals surface area (Å²) >= 11 is 0. The molecule has 5 nitrogen and oxygen atoms in total. The summed E-state index contributed by atoms with van der Waals surface area (Å²) < 4.78 is 10.0. The number of nitrogens with zero attached hydrogens (tertiary/aromatic N) is 2. The number of rotatable bonds is 4. The maximum atomic E-state index is 12.0. The molecule has 3 rings (SSSR count). The van der Waals surface area contributed by atoms with Crippen LogP contribution in [0, 0.1) is 5.92 Å². The topological polar surface area (TPSA) is 69.1 Å². The zero-order valence-electron chi connectivity index (χ0n) is 9.96. The van der Waals surface area contributed by atoms with Gasteiger partial charge in [-0.05, 0) is 18.9 Å². The minimum absolute atomic E-state index is 0.189. The third kappa shape index (κ3) is 2.20. The highest BCUT2D eigenvalue weighted by molar-refractivity contribution is 5.82. The van der Waals surface area contributed by atoms with Crippen molar-refractivity contribution in [1.29, 1.82) is 0 Å². The molecular weight excluding hydrogens is 232 g/mol. The maximum Gasteiger partial charge on any atom is 0.234 e. The van der Waals surface area contributed by atoms with Crippen LogP contribution >= 0.6 is 0 Å². The SMILES string of the molecule is O=C(Cc1nc(-c2ccoc2)no1)C1CCCC1. The number of furan rings is 1. The van der Waals surface area contributed by atoms with Crippen LogP contribution in [0.25, 0.3) is 11.4 Å². The first-order valence-corrected chi connectivity index (χ1v) is 6.21. The van der Waals surface area contributed by atoms with E-state index in [1.807, 2.05) is 0 Å². The highest BCUT2D eigenvalue weighted by atomic mass is 16.5. The second kappa shape index (κ2) is 4.76. The minimum atomic E-state index is 0.189. The second-order valence-electron chi connectivity index (χ2n) is 4.65. The van der Waals surface area contributed by atoms with E-state index in [4.69, 9.17) is 8.94 Å². The summed E-state index contributed by atoms with van der Waals surface area (Å²) in [6, 6.07) is 1.76. The molecule has 0 aliphatic heterocycles. The van der Waals surface area contributed by atoms with E-state index in [-0.39, 0.29) is 18.1 Å². The van der Waals surface area contributed by atoms with Crippen LogP contribution in [0.2, 0.25) is 0 Å². The Kier molecular flexibility index (Phi) is 2.96. The summed E-state index contributed by atoms with van der Waals surface area (Å²) in [7, 11) is 0. The molecule has 0 atom stereocenters. The minimum Gasteiger partial charge on any atom is -0.472 e. The quantitative estimate of drug-likeness (QED) is 0.829. The lowest BCUT2D eigenvalue weighted by Crippen LogP contribution is -2.13. The van der Waals surface area contributed by atoms with E-state index < -0.39 is 0 Å². The Labute approximate surface area is 104 Å². The predicted octanol–water partition coefficient (Wildman–Crippen LogP) is 2.63. The third-order valence-corrected chi connectivity index (χ3v) is 3.38. The molecule has 0 spiro atoms. The summed E-state index contributed by atoms with van der Waals surface area (Å²) in [5.74, 6) is 1.27. The number of carbonyl (C=O) groups excluding carboxylic acids is 1. The Hall–Kier alpha value is -1.91. The van der Waals surface area contributed by atoms with Gasteiger partial charge in [0, 0.05) is 5.92 Å². The fraction of sp³-hybridized carbons (Fsp3) is 0.462. The molecule has 0 unspecified atom stereocenters. The van der Waals surface area contributed by atoms with Gasteiger partial charge in [-0.3, -0.25) is 4.79 Å². The largest absolute Gasteiger partial charge is 0.472 e. The van der Waals surface area contributed by atoms with E-state index in [1.165, 1.54) is 0 Å². The lowest BCUT2D eigenvalue weighted by molar-refractivity contribution is -0.122. The zero-order valence-corrected chi connectivity index (χ0v) is 9.96. The van der Waals surface area contributed by atoms with Crippen LogP contribution in [0.3, 0.4) is 0 Å². The van der Waals surface area contributed by atoms with Crippen LogP contribution < -0.4 is 0 Å². The van der Waals surface area contributed by atoms with Gasteiger partial charge >= 0.3 is 0 Å². The fourth-order valence-corrected chi connectivity index (χ4v) is 2.38. The lowest BCUT2D eigenvalue weighted by Gasteiger charge is -2.04. The Morgan fingerprint density at radius 3 is 2.94 bits per heavy atom. The third-order valence-electron chi connectivity index (χ3n) is 3.38. The summed E-state index contributed by atoms with van der Waals surface area (Å²) in [6.45, 7) is 0. The molecule has 94 valence electrons. The van der Waals surface area contributed by atoms with Crippen LogP contribution in [0.5, 0.6) is 0 Å². The van der Waals surface area contributed by atoms with Crippen LogP contribution in [0.1, 0.15) is 31.6 Å². The van der Waals surface area contributed by atoms with Crippen molar-refractivity contribution in [2.45, 2.75) is 32.1 Å². The first-order valence-electron chi connectivity index (χ1n) is 6.21. The molecule has 0 aromatic carbocycles. The molecule has 2 heterocycles. The Morgan fingerprint density at radius 1 is 1.39 bits per heavy atom. The average Bonchev–Trinajstić information content (AvgIpc) is 3.12. The van der Waals surface area contributed by atoms with E-state index in [2.05, 4.69) is 10.1 Å². The summed E-state index contributed by atoms with van der Waals surface area (Å²) in [6.07, 6.45) is 7.65. The molecule has 2 aromatic heterocycles. The standard InChI is InChI=1S/C13H14N2O3/c16-11(9-3-1-2-4-9)7-12-14-13(15-18-12)10-5-6-17-8-10/h5-6,8-9H,1-4,7H2. The van der Waals surface area contributed by atoms with Gasteiger partial charge < -0.3 is 8.94 Å². The van der Waals surface area contributed by atoms with Crippen molar-refractivity contribution in [3.63, 3.8) is 0 Å². The van der Waals surface area contributed by atoms with E-state index >= 15 is 0 Å². The number of aromatic nitrogens is 2. The molecule has 18 heavy (non-hydrogen) atoms. The Morgan fingerprint density at radius 2 is 2.22 bits per heavy atom. The van der Waals surface area contributed by atoms with Gasteiger partial charge in [0.2, 0.25) is 11.7 Å². The summed E-state index contributed by atoms with van der Waals surface area (Å²) in [4.78, 5) is 16.2. The first kappa shape index (κ1) is 11.2. The van der Waals surface area contributed by atoms with Gasteiger partial charge in [-0.25, -0.2) is 0 Å². The van der Waals surface area contributed by atoms with Gasteiger partial charge in [-0.2, -0.15) is 4.98 Å². The van der Waals surface area contributed by atoms with E-state index in [9.17, 15) is 4.79 Å². The van der Waals surface area contributed by atoms with Crippen LogP contribution in [0.15, 0.2) is 27.5 Å². The summed E-state index contributed by atoms with van der Waals surface area (Å²) in [5.41, 5.74) is 0.762. The molecule has 0 saturated heterocycles. The molecule has 0 amide bonds. The van der Waals surface area contributed by atoms with Gasteiger partial charge in [-0.1, -0.05) is 18.0 Å². The van der Waals surface area contributed by atoms with Crippen molar-refractivity contribution in [2.75, 3.05) is 0 Å². The van der Waals surface area contributed by atoms with Crippen LogP contribution in [-0.4, -0.2) is 15.9 Å². The number of hydrogen-bond acceptors (Lipinski definition) is 5. The maximum absolute atomic E-state index is 12.0. The molecule has 0 N–H and O–H groups in total. The zero-order chi connectivity index (χ0) is 12.4. The van der Waals surface area contributed by atoms with Gasteiger partial charge in [0.25, 0.3) is 0 Å². The van der Waals surface area contributed by atoms with E-state index in [0.29, 0.717) is 11.7 Å². The smallest absolute Gasteiger partial charge is 0.234 e. The molecule has 5 heteroatoms. The number of carbonyl (C=O) groups is 1. The van der Waals surface area contributed by atoms with Gasteiger partial charge in [0.1, 0.15) is 12.0 Å². The van der Waals surface area contributed by atoms with Gasteiger partial charge in [0.05, 0.1) is 18.2 Å². The predicted molar refractivity (Wildman–Crippen MR) is 62.7 cm³/mol. The number of hydrogen-bond donors (Lipinski definition) is 0. The van der Waals surface area contributed by atoms with Crippen molar-refractivity contribution >= 4 is 5.78 Å². The monoisotopic (exact) mass is 246 g/mol. The molecule has 0 radical (unpaired) electrons. The van der Waals surface area contributed by atoms with Crippen molar-refractivity contribution in [2.24, 2.45) is 5.92 Å². The number of ketones is 1. The molecule has 1 aliphatic rings. The fourth-order valence-electron chi connectivity index (χ4n) is 2.38. The molecule has 1 fully saturated rings. The van der Waals surface area contributed by atoms with Crippen molar-refractivity contribution in [3.05, 3.63) is 24.5 Å². The van der Waals surface area contributed by atoms with Crippen molar-refractivity contribution < 1.29 is 13.7 Å². The highest BCUT2D eigenvalue weighted by Crippen LogP contribution is 2.26. The Balaban J connectivity index is 1.68. The molecule has 2 aromatic rings. The van der Waals surface area contributed by atoms with Crippen LogP contribution in [0.4, 0.5) is 0 Å². The lowest BCUT2D eigenvalue weighted by atomic mass is 10.0. The van der Waals surface area contributed by atoms with Crippen LogP contribution in [-0.2, 0) is 11.2 Å². The van der Waals surface area contributed by atoms with E-state index in [1.54, 1.807) is 18.6 Å². The molecule has 1 saturated carbocycles.